The molecule has 0 aliphatic carbocycles. The minimum atomic E-state index is 0.696. The molecule has 6 aromatic carbocycles. The van der Waals surface area contributed by atoms with Crippen LogP contribution in [0.5, 0.6) is 0 Å². The first kappa shape index (κ1) is 25.3. The molecule has 0 N–H and O–H groups in total. The SMILES string of the molecule is CCCc1ccc(CCC)c2oc(-c3ccc(-c4c5ccccc5c(-c5ccccc5)c5ccccc45)cc3)nc12. The van der Waals surface area contributed by atoms with Crippen molar-refractivity contribution in [2.45, 2.75) is 39.5 Å². The van der Waals surface area contributed by atoms with E-state index < -0.39 is 0 Å². The monoisotopic (exact) mass is 531 g/mol. The first-order valence-corrected chi connectivity index (χ1v) is 14.8. The average Bonchev–Trinajstić information content (AvgIpc) is 3.48. The molecule has 0 fully saturated rings. The molecule has 200 valence electrons. The summed E-state index contributed by atoms with van der Waals surface area (Å²) in [5.41, 5.74) is 10.5. The number of hydrogen-bond donors (Lipinski definition) is 0. The molecule has 2 nitrogen and oxygen atoms in total. The Bertz CT molecular complexity index is 1900. The summed E-state index contributed by atoms with van der Waals surface area (Å²) in [6.45, 7) is 4.42. The van der Waals surface area contributed by atoms with Crippen molar-refractivity contribution in [3.05, 3.63) is 126 Å². The van der Waals surface area contributed by atoms with Crippen LogP contribution in [-0.4, -0.2) is 4.98 Å². The molecule has 7 rings (SSSR count). The molecule has 0 saturated carbocycles. The quantitative estimate of drug-likeness (QED) is 0.191. The van der Waals surface area contributed by atoms with E-state index in [2.05, 4.69) is 129 Å². The van der Waals surface area contributed by atoms with Crippen LogP contribution in [0.15, 0.2) is 120 Å². The molecule has 0 aliphatic heterocycles. The maximum atomic E-state index is 6.46. The Labute approximate surface area is 241 Å². The Hall–Kier alpha value is -4.69. The Morgan fingerprint density at radius 2 is 0.951 bits per heavy atom. The van der Waals surface area contributed by atoms with E-state index in [9.17, 15) is 0 Å². The molecule has 0 atom stereocenters. The standard InChI is InChI=1S/C39H33NO/c1-3-12-28-22-23-29(13-4-2)38-37(28)40-39(41-38)30-24-20-27(21-25-30)36-33-18-10-8-16-31(33)35(26-14-6-5-7-15-26)32-17-9-11-19-34(32)36/h5-11,14-25H,3-4,12-13H2,1-2H3. The van der Waals surface area contributed by atoms with Crippen molar-refractivity contribution in [1.82, 2.24) is 4.98 Å². The van der Waals surface area contributed by atoms with Crippen molar-refractivity contribution in [2.75, 3.05) is 0 Å². The van der Waals surface area contributed by atoms with Gasteiger partial charge in [-0.25, -0.2) is 4.98 Å². The van der Waals surface area contributed by atoms with Crippen molar-refractivity contribution >= 4 is 32.6 Å². The van der Waals surface area contributed by atoms with Gasteiger partial charge in [-0.15, -0.1) is 0 Å². The Balaban J connectivity index is 1.39. The molecule has 0 bridgehead atoms. The summed E-state index contributed by atoms with van der Waals surface area (Å²) >= 11 is 0. The largest absolute Gasteiger partial charge is 0.436 e. The lowest BCUT2D eigenvalue weighted by Gasteiger charge is -2.17. The third kappa shape index (κ3) is 4.40. The van der Waals surface area contributed by atoms with Crippen molar-refractivity contribution < 1.29 is 4.42 Å². The molecule has 0 aliphatic rings. The highest BCUT2D eigenvalue weighted by atomic mass is 16.3. The van der Waals surface area contributed by atoms with Crippen molar-refractivity contribution in [3.8, 4) is 33.7 Å². The van der Waals surface area contributed by atoms with Crippen molar-refractivity contribution in [3.63, 3.8) is 0 Å². The minimum absolute atomic E-state index is 0.696. The van der Waals surface area contributed by atoms with Gasteiger partial charge in [-0.3, -0.25) is 0 Å². The molecule has 7 aromatic rings. The molecule has 0 radical (unpaired) electrons. The fraction of sp³-hybridized carbons (Fsp3) is 0.154. The Morgan fingerprint density at radius 1 is 0.488 bits per heavy atom. The lowest BCUT2D eigenvalue weighted by molar-refractivity contribution is 0.614. The molecule has 41 heavy (non-hydrogen) atoms. The van der Waals surface area contributed by atoms with Gasteiger partial charge in [0.15, 0.2) is 5.58 Å². The average molecular weight is 532 g/mol. The number of aromatic nitrogens is 1. The van der Waals surface area contributed by atoms with Crippen LogP contribution in [0.2, 0.25) is 0 Å². The summed E-state index contributed by atoms with van der Waals surface area (Å²) < 4.78 is 6.46. The highest BCUT2D eigenvalue weighted by molar-refractivity contribution is 6.21. The predicted molar refractivity (Wildman–Crippen MR) is 173 cm³/mol. The van der Waals surface area contributed by atoms with Crippen LogP contribution < -0.4 is 0 Å². The van der Waals surface area contributed by atoms with Gasteiger partial charge in [0.05, 0.1) is 0 Å². The van der Waals surface area contributed by atoms with Crippen LogP contribution in [0.25, 0.3) is 66.4 Å². The molecule has 0 spiro atoms. The van der Waals surface area contributed by atoms with Crippen molar-refractivity contribution in [2.24, 2.45) is 0 Å². The minimum Gasteiger partial charge on any atom is -0.436 e. The topological polar surface area (TPSA) is 26.0 Å². The zero-order valence-corrected chi connectivity index (χ0v) is 23.7. The number of benzene rings is 6. The van der Waals surface area contributed by atoms with Crippen LogP contribution in [0.4, 0.5) is 0 Å². The van der Waals surface area contributed by atoms with Crippen LogP contribution >= 0.6 is 0 Å². The zero-order chi connectivity index (χ0) is 27.8. The third-order valence-corrected chi connectivity index (χ3v) is 8.16. The highest BCUT2D eigenvalue weighted by Gasteiger charge is 2.18. The van der Waals surface area contributed by atoms with Gasteiger partial charge in [0, 0.05) is 5.56 Å². The number of rotatable bonds is 7. The first-order chi connectivity index (χ1) is 20.3. The molecule has 0 saturated heterocycles. The zero-order valence-electron chi connectivity index (χ0n) is 23.7. The maximum absolute atomic E-state index is 6.46. The summed E-state index contributed by atoms with van der Waals surface area (Å²) in [4.78, 5) is 5.03. The van der Waals surface area contributed by atoms with Crippen LogP contribution in [0.3, 0.4) is 0 Å². The molecule has 1 heterocycles. The molecule has 2 heteroatoms. The predicted octanol–water partition coefficient (Wildman–Crippen LogP) is 11.0. The molecule has 0 unspecified atom stereocenters. The van der Waals surface area contributed by atoms with E-state index in [1.807, 2.05) is 0 Å². The van der Waals surface area contributed by atoms with Crippen LogP contribution in [0.1, 0.15) is 37.8 Å². The summed E-state index contributed by atoms with van der Waals surface area (Å²) in [6, 6.07) is 41.5. The Kier molecular flexibility index (Phi) is 6.60. The van der Waals surface area contributed by atoms with E-state index in [0.29, 0.717) is 5.89 Å². The van der Waals surface area contributed by atoms with Crippen LogP contribution in [-0.2, 0) is 12.8 Å². The van der Waals surface area contributed by atoms with Gasteiger partial charge in [-0.1, -0.05) is 130 Å². The van der Waals surface area contributed by atoms with E-state index in [1.54, 1.807) is 0 Å². The van der Waals surface area contributed by atoms with Gasteiger partial charge in [0.25, 0.3) is 0 Å². The molecule has 0 amide bonds. The molecular formula is C39H33NO. The second kappa shape index (κ2) is 10.7. The lowest BCUT2D eigenvalue weighted by atomic mass is 9.86. The second-order valence-corrected chi connectivity index (χ2v) is 10.9. The summed E-state index contributed by atoms with van der Waals surface area (Å²) in [5.74, 6) is 0.696. The van der Waals surface area contributed by atoms with E-state index in [-0.39, 0.29) is 0 Å². The number of hydrogen-bond acceptors (Lipinski definition) is 2. The van der Waals surface area contributed by atoms with Crippen LogP contribution in [0, 0.1) is 0 Å². The van der Waals surface area contributed by atoms with Crippen molar-refractivity contribution in [1.29, 1.82) is 0 Å². The van der Waals surface area contributed by atoms with Gasteiger partial charge >= 0.3 is 0 Å². The van der Waals surface area contributed by atoms with Gasteiger partial charge in [0.1, 0.15) is 5.52 Å². The van der Waals surface area contributed by atoms with Gasteiger partial charge in [0.2, 0.25) is 5.89 Å². The second-order valence-electron chi connectivity index (χ2n) is 10.9. The van der Waals surface area contributed by atoms with Gasteiger partial charge in [-0.05, 0) is 79.9 Å². The van der Waals surface area contributed by atoms with E-state index in [4.69, 9.17) is 9.40 Å². The fourth-order valence-electron chi connectivity index (χ4n) is 6.31. The third-order valence-electron chi connectivity index (χ3n) is 8.16. The number of nitrogens with zero attached hydrogens (tertiary/aromatic N) is 1. The molecule has 1 aromatic heterocycles. The number of aryl methyl sites for hydroxylation is 2. The summed E-state index contributed by atoms with van der Waals surface area (Å²) in [7, 11) is 0. The summed E-state index contributed by atoms with van der Waals surface area (Å²) in [5, 5.41) is 5.05. The van der Waals surface area contributed by atoms with E-state index in [1.165, 1.54) is 54.9 Å². The Morgan fingerprint density at radius 3 is 1.51 bits per heavy atom. The number of fused-ring (bicyclic) bond motifs is 3. The first-order valence-electron chi connectivity index (χ1n) is 14.8. The lowest BCUT2D eigenvalue weighted by Crippen LogP contribution is -1.91. The van der Waals surface area contributed by atoms with Gasteiger partial charge < -0.3 is 4.42 Å². The fourth-order valence-corrected chi connectivity index (χ4v) is 6.31. The number of oxazole rings is 1. The normalized spacial score (nSPS) is 11.6. The van der Waals surface area contributed by atoms with E-state index >= 15 is 0 Å². The summed E-state index contributed by atoms with van der Waals surface area (Å²) in [6.07, 6.45) is 4.17. The van der Waals surface area contributed by atoms with Gasteiger partial charge in [-0.2, -0.15) is 0 Å². The highest BCUT2D eigenvalue weighted by Crippen LogP contribution is 2.43. The van der Waals surface area contributed by atoms with E-state index in [0.717, 1.165) is 42.3 Å². The maximum Gasteiger partial charge on any atom is 0.227 e. The molecular weight excluding hydrogens is 498 g/mol. The smallest absolute Gasteiger partial charge is 0.227 e.